The molecule has 1 saturated carbocycles. The Balaban J connectivity index is 1.84. The van der Waals surface area contributed by atoms with Crippen molar-refractivity contribution in [2.45, 2.75) is 76.7 Å². The number of Topliss-reactive ketones (excluding diaryl/α,β-unsaturated/α-hetero) is 1. The Morgan fingerprint density at radius 1 is 0.957 bits per heavy atom. The second kappa shape index (κ2) is 10.1. The molecule has 1 aliphatic heterocycles. The summed E-state index contributed by atoms with van der Waals surface area (Å²) in [6.45, 7) is -0.0158. The van der Waals surface area contributed by atoms with Gasteiger partial charge in [0.05, 0.1) is 11.9 Å². The molecule has 0 aromatic carbocycles. The number of aliphatic hydroxyl groups is 1. The lowest BCUT2D eigenvalue weighted by atomic mass is 9.99. The fourth-order valence-electron chi connectivity index (χ4n) is 3.23. The highest BCUT2D eigenvalue weighted by atomic mass is 32.2. The molecule has 5 heteroatoms. The summed E-state index contributed by atoms with van der Waals surface area (Å²) in [6, 6.07) is 0. The molecule has 2 aliphatic rings. The summed E-state index contributed by atoms with van der Waals surface area (Å²) < 4.78 is 5.84. The van der Waals surface area contributed by atoms with Crippen LogP contribution in [0.1, 0.15) is 70.6 Å². The van der Waals surface area contributed by atoms with Crippen molar-refractivity contribution < 1.29 is 19.4 Å². The number of aliphatic hydroxyl groups excluding tert-OH is 1. The fourth-order valence-corrected chi connectivity index (χ4v) is 4.01. The lowest BCUT2D eigenvalue weighted by Gasteiger charge is -2.19. The van der Waals surface area contributed by atoms with Gasteiger partial charge in [-0.2, -0.15) is 0 Å². The topological polar surface area (TPSA) is 63.6 Å². The van der Waals surface area contributed by atoms with Crippen LogP contribution < -0.4 is 0 Å². The molecular formula is C18H28O4S. The zero-order valence-corrected chi connectivity index (χ0v) is 14.7. The van der Waals surface area contributed by atoms with Crippen molar-refractivity contribution in [3.8, 4) is 0 Å². The summed E-state index contributed by atoms with van der Waals surface area (Å²) in [6.07, 6.45) is 13.5. The minimum absolute atomic E-state index is 0.0158. The van der Waals surface area contributed by atoms with Crippen LogP contribution in [0.3, 0.4) is 0 Å². The summed E-state index contributed by atoms with van der Waals surface area (Å²) in [4.78, 5) is 23.2. The van der Waals surface area contributed by atoms with Crippen LogP contribution in [-0.2, 0) is 14.3 Å². The van der Waals surface area contributed by atoms with Crippen molar-refractivity contribution in [3.05, 3.63) is 11.3 Å². The van der Waals surface area contributed by atoms with Gasteiger partial charge in [0.15, 0.2) is 5.78 Å². The summed E-state index contributed by atoms with van der Waals surface area (Å²) in [7, 11) is 0. The molecule has 4 nitrogen and oxygen atoms in total. The Bertz CT molecular complexity index is 414. The van der Waals surface area contributed by atoms with Crippen molar-refractivity contribution in [2.75, 3.05) is 12.4 Å². The van der Waals surface area contributed by atoms with Crippen molar-refractivity contribution in [1.29, 1.82) is 0 Å². The average Bonchev–Trinajstić information content (AvgIpc) is 2.85. The van der Waals surface area contributed by atoms with Gasteiger partial charge in [-0.1, -0.05) is 69.5 Å². The third-order valence-electron chi connectivity index (χ3n) is 4.61. The standard InChI is InChI=1S/C18H28O4S/c19-15(17-16(20)13-23-18(17)21)12-22-14-10-8-6-4-2-1-3-5-7-9-11-14/h14,19H,1-13H2. The van der Waals surface area contributed by atoms with Gasteiger partial charge in [-0.25, -0.2) is 0 Å². The largest absolute Gasteiger partial charge is 0.509 e. The first-order valence-corrected chi connectivity index (χ1v) is 9.91. The summed E-state index contributed by atoms with van der Waals surface area (Å²) in [5.41, 5.74) is -0.0526. The molecule has 130 valence electrons. The molecule has 0 spiro atoms. The SMILES string of the molecule is O=C1CSC(=O)C1=C(O)COC1CCCCCCCCCCC1. The molecule has 0 atom stereocenters. The van der Waals surface area contributed by atoms with E-state index in [1.54, 1.807) is 0 Å². The van der Waals surface area contributed by atoms with Crippen LogP contribution in [0, 0.1) is 0 Å². The van der Waals surface area contributed by atoms with E-state index < -0.39 is 0 Å². The third kappa shape index (κ3) is 6.30. The van der Waals surface area contributed by atoms with Crippen molar-refractivity contribution in [1.82, 2.24) is 0 Å². The van der Waals surface area contributed by atoms with Crippen molar-refractivity contribution in [2.24, 2.45) is 0 Å². The van der Waals surface area contributed by atoms with E-state index in [1.807, 2.05) is 0 Å². The van der Waals surface area contributed by atoms with Crippen molar-refractivity contribution in [3.63, 3.8) is 0 Å². The number of carbonyl (C=O) groups is 2. The maximum absolute atomic E-state index is 11.6. The molecule has 23 heavy (non-hydrogen) atoms. The van der Waals surface area contributed by atoms with E-state index in [4.69, 9.17) is 4.74 Å². The number of carbonyl (C=O) groups excluding carboxylic acids is 2. The Kier molecular flexibility index (Phi) is 8.17. The van der Waals surface area contributed by atoms with Crippen LogP contribution >= 0.6 is 11.8 Å². The predicted molar refractivity (Wildman–Crippen MR) is 92.7 cm³/mol. The normalized spacial score (nSPS) is 25.0. The fraction of sp³-hybridized carbons (Fsp3) is 0.778. The maximum atomic E-state index is 11.6. The summed E-state index contributed by atoms with van der Waals surface area (Å²) in [5, 5.41) is 9.70. The van der Waals surface area contributed by atoms with Gasteiger partial charge in [-0.05, 0) is 12.8 Å². The lowest BCUT2D eigenvalue weighted by Crippen LogP contribution is -2.17. The number of ether oxygens (including phenoxy) is 1. The van der Waals surface area contributed by atoms with Gasteiger partial charge in [0.2, 0.25) is 5.12 Å². The van der Waals surface area contributed by atoms with Crippen LogP contribution in [0.4, 0.5) is 0 Å². The first kappa shape index (κ1) is 18.5. The molecule has 0 aromatic heterocycles. The minimum atomic E-state index is -0.324. The maximum Gasteiger partial charge on any atom is 0.226 e. The molecule has 2 fully saturated rings. The molecule has 0 aromatic rings. The van der Waals surface area contributed by atoms with E-state index in [9.17, 15) is 14.7 Å². The second-order valence-corrected chi connectivity index (χ2v) is 7.46. The zero-order valence-electron chi connectivity index (χ0n) is 13.8. The molecule has 0 bridgehead atoms. The van der Waals surface area contributed by atoms with E-state index in [2.05, 4.69) is 0 Å². The number of hydrogen-bond donors (Lipinski definition) is 1. The van der Waals surface area contributed by atoms with Crippen LogP contribution in [0.15, 0.2) is 11.3 Å². The molecule has 1 heterocycles. The summed E-state index contributed by atoms with van der Waals surface area (Å²) >= 11 is 0.957. The Morgan fingerprint density at radius 3 is 1.96 bits per heavy atom. The summed E-state index contributed by atoms with van der Waals surface area (Å²) in [5.74, 6) is -0.322. The average molecular weight is 340 g/mol. The van der Waals surface area contributed by atoms with Gasteiger partial charge >= 0.3 is 0 Å². The third-order valence-corrected chi connectivity index (χ3v) is 5.49. The van der Waals surface area contributed by atoms with Crippen LogP contribution in [-0.4, -0.2) is 34.5 Å². The van der Waals surface area contributed by atoms with Crippen molar-refractivity contribution >= 4 is 22.7 Å². The van der Waals surface area contributed by atoms with Crippen LogP contribution in [0.25, 0.3) is 0 Å². The van der Waals surface area contributed by atoms with Gasteiger partial charge in [-0.15, -0.1) is 0 Å². The van der Waals surface area contributed by atoms with Gasteiger partial charge in [0, 0.05) is 0 Å². The Morgan fingerprint density at radius 2 is 1.48 bits per heavy atom. The molecule has 0 radical (unpaired) electrons. The van der Waals surface area contributed by atoms with Gasteiger partial charge in [0.1, 0.15) is 17.9 Å². The molecule has 1 saturated heterocycles. The number of rotatable bonds is 3. The quantitative estimate of drug-likeness (QED) is 0.470. The van der Waals surface area contributed by atoms with E-state index in [0.29, 0.717) is 0 Å². The highest BCUT2D eigenvalue weighted by molar-refractivity contribution is 8.15. The first-order chi connectivity index (χ1) is 11.2. The van der Waals surface area contributed by atoms with E-state index in [1.165, 1.54) is 44.9 Å². The Labute approximate surface area is 143 Å². The number of ketones is 1. The molecule has 0 amide bonds. The number of hydrogen-bond acceptors (Lipinski definition) is 5. The molecule has 1 aliphatic carbocycles. The van der Waals surface area contributed by atoms with Crippen LogP contribution in [0.2, 0.25) is 0 Å². The highest BCUT2D eigenvalue weighted by Crippen LogP contribution is 2.25. The predicted octanol–water partition coefficient (Wildman–Crippen LogP) is 4.33. The first-order valence-electron chi connectivity index (χ1n) is 8.92. The minimum Gasteiger partial charge on any atom is -0.509 e. The molecule has 0 unspecified atom stereocenters. The van der Waals surface area contributed by atoms with Crippen LogP contribution in [0.5, 0.6) is 0 Å². The zero-order chi connectivity index (χ0) is 16.5. The second-order valence-electron chi connectivity index (χ2n) is 6.51. The monoisotopic (exact) mass is 340 g/mol. The smallest absolute Gasteiger partial charge is 0.226 e. The van der Waals surface area contributed by atoms with E-state index in [-0.39, 0.29) is 40.7 Å². The number of thioether (sulfide) groups is 1. The molecule has 2 rings (SSSR count). The van der Waals surface area contributed by atoms with E-state index in [0.717, 1.165) is 37.4 Å². The Hall–Kier alpha value is -0.810. The molecule has 1 N–H and O–H groups in total. The van der Waals surface area contributed by atoms with Gasteiger partial charge in [-0.3, -0.25) is 9.59 Å². The molecular weight excluding hydrogens is 312 g/mol. The van der Waals surface area contributed by atoms with Gasteiger partial charge < -0.3 is 9.84 Å². The van der Waals surface area contributed by atoms with E-state index >= 15 is 0 Å². The lowest BCUT2D eigenvalue weighted by molar-refractivity contribution is -0.115. The van der Waals surface area contributed by atoms with Gasteiger partial charge in [0.25, 0.3) is 0 Å². The highest BCUT2D eigenvalue weighted by Gasteiger charge is 2.31.